The fourth-order valence-corrected chi connectivity index (χ4v) is 3.07. The Hall–Kier alpha value is -2.35. The second kappa shape index (κ2) is 5.45. The first-order valence-electron chi connectivity index (χ1n) is 6.34. The van der Waals surface area contributed by atoms with Crippen LogP contribution in [-0.2, 0) is 10.0 Å². The van der Waals surface area contributed by atoms with E-state index in [9.17, 15) is 17.2 Å². The molecule has 1 aliphatic heterocycles. The van der Waals surface area contributed by atoms with E-state index in [1.807, 2.05) is 4.72 Å². The van der Waals surface area contributed by atoms with Gasteiger partial charge in [0.2, 0.25) is 0 Å². The third-order valence-corrected chi connectivity index (χ3v) is 4.37. The molecule has 0 atom stereocenters. The highest BCUT2D eigenvalue weighted by Gasteiger charge is 2.22. The van der Waals surface area contributed by atoms with E-state index in [-0.39, 0.29) is 10.6 Å². The van der Waals surface area contributed by atoms with Crippen LogP contribution in [0.4, 0.5) is 14.5 Å². The lowest BCUT2D eigenvalue weighted by molar-refractivity contribution is 0.171. The van der Waals surface area contributed by atoms with Crippen molar-refractivity contribution in [2.24, 2.45) is 0 Å². The van der Waals surface area contributed by atoms with Crippen LogP contribution in [0.25, 0.3) is 0 Å². The average Bonchev–Trinajstić information content (AvgIpc) is 2.50. The van der Waals surface area contributed by atoms with Crippen LogP contribution in [0.2, 0.25) is 0 Å². The van der Waals surface area contributed by atoms with Gasteiger partial charge in [-0.2, -0.15) is 0 Å². The van der Waals surface area contributed by atoms with E-state index in [0.29, 0.717) is 19.0 Å². The van der Waals surface area contributed by atoms with Crippen molar-refractivity contribution in [3.63, 3.8) is 0 Å². The summed E-state index contributed by atoms with van der Waals surface area (Å²) in [6.07, 6.45) is 0. The Balaban J connectivity index is 1.96. The fraction of sp³-hybridized carbons (Fsp3) is 0.143. The Morgan fingerprint density at radius 3 is 2.27 bits per heavy atom. The lowest BCUT2D eigenvalue weighted by Gasteiger charge is -2.19. The topological polar surface area (TPSA) is 64.6 Å². The van der Waals surface area contributed by atoms with Crippen LogP contribution >= 0.6 is 0 Å². The first kappa shape index (κ1) is 14.6. The lowest BCUT2D eigenvalue weighted by atomic mass is 10.3. The predicted octanol–water partition coefficient (Wildman–Crippen LogP) is 2.54. The smallest absolute Gasteiger partial charge is 0.262 e. The quantitative estimate of drug-likeness (QED) is 0.941. The van der Waals surface area contributed by atoms with E-state index in [1.165, 1.54) is 18.2 Å². The number of rotatable bonds is 3. The first-order chi connectivity index (χ1) is 10.5. The summed E-state index contributed by atoms with van der Waals surface area (Å²) in [5.74, 6) is -1.31. The molecule has 2 aromatic carbocycles. The first-order valence-corrected chi connectivity index (χ1v) is 7.82. The van der Waals surface area contributed by atoms with Gasteiger partial charge in [0.05, 0.1) is 4.90 Å². The summed E-state index contributed by atoms with van der Waals surface area (Å²) in [6.45, 7) is 0.670. The van der Waals surface area contributed by atoms with Crippen molar-refractivity contribution < 1.29 is 26.7 Å². The van der Waals surface area contributed by atoms with Crippen molar-refractivity contribution in [3.8, 4) is 11.5 Å². The van der Waals surface area contributed by atoms with E-state index in [0.717, 1.165) is 18.2 Å². The molecule has 0 radical (unpaired) electrons. The average molecular weight is 327 g/mol. The molecule has 0 spiro atoms. The maximum atomic E-state index is 13.6. The van der Waals surface area contributed by atoms with E-state index in [4.69, 9.17) is 9.47 Å². The summed E-state index contributed by atoms with van der Waals surface area (Å²) in [6, 6.07) is 7.02. The molecule has 5 nitrogen and oxygen atoms in total. The maximum absolute atomic E-state index is 13.6. The molecule has 1 aliphatic rings. The fourth-order valence-electron chi connectivity index (χ4n) is 1.98. The van der Waals surface area contributed by atoms with Crippen molar-refractivity contribution in [1.29, 1.82) is 0 Å². The van der Waals surface area contributed by atoms with E-state index >= 15 is 0 Å². The van der Waals surface area contributed by atoms with Crippen molar-refractivity contribution >= 4 is 15.7 Å². The molecule has 3 rings (SSSR count). The molecule has 0 aromatic heterocycles. The van der Waals surface area contributed by atoms with E-state index < -0.39 is 27.3 Å². The number of benzene rings is 2. The number of anilines is 1. The molecule has 22 heavy (non-hydrogen) atoms. The molecule has 0 amide bonds. The summed E-state index contributed by atoms with van der Waals surface area (Å²) in [7, 11) is -4.16. The van der Waals surface area contributed by atoms with Gasteiger partial charge in [-0.3, -0.25) is 4.72 Å². The SMILES string of the molecule is O=S(=O)(Nc1c(F)cccc1F)c1ccc2c(c1)OCCO2. The van der Waals surface area contributed by atoms with Gasteiger partial charge in [0.1, 0.15) is 30.5 Å². The molecule has 1 heterocycles. The third kappa shape index (κ3) is 2.69. The van der Waals surface area contributed by atoms with Gasteiger partial charge in [-0.05, 0) is 24.3 Å². The van der Waals surface area contributed by atoms with Crippen molar-refractivity contribution in [2.75, 3.05) is 17.9 Å². The van der Waals surface area contributed by atoms with Crippen molar-refractivity contribution in [2.45, 2.75) is 4.90 Å². The van der Waals surface area contributed by atoms with Crippen LogP contribution in [0.15, 0.2) is 41.3 Å². The summed E-state index contributed by atoms with van der Waals surface area (Å²) in [5, 5.41) is 0. The Labute approximate surface area is 125 Å². The molecule has 116 valence electrons. The van der Waals surface area contributed by atoms with Gasteiger partial charge in [-0.25, -0.2) is 17.2 Å². The van der Waals surface area contributed by atoms with Gasteiger partial charge in [0, 0.05) is 6.07 Å². The van der Waals surface area contributed by atoms with Gasteiger partial charge in [-0.1, -0.05) is 6.07 Å². The number of hydrogen-bond acceptors (Lipinski definition) is 4. The van der Waals surface area contributed by atoms with Gasteiger partial charge in [-0.15, -0.1) is 0 Å². The zero-order chi connectivity index (χ0) is 15.7. The normalized spacial score (nSPS) is 13.7. The Morgan fingerprint density at radius 1 is 0.955 bits per heavy atom. The maximum Gasteiger partial charge on any atom is 0.262 e. The van der Waals surface area contributed by atoms with Crippen molar-refractivity contribution in [3.05, 3.63) is 48.0 Å². The highest BCUT2D eigenvalue weighted by atomic mass is 32.2. The Morgan fingerprint density at radius 2 is 1.59 bits per heavy atom. The predicted molar refractivity (Wildman–Crippen MR) is 74.6 cm³/mol. The van der Waals surface area contributed by atoms with Crippen LogP contribution < -0.4 is 14.2 Å². The molecule has 0 unspecified atom stereocenters. The van der Waals surface area contributed by atoms with E-state index in [1.54, 1.807) is 0 Å². The van der Waals surface area contributed by atoms with Crippen LogP contribution in [-0.4, -0.2) is 21.6 Å². The molecule has 0 saturated carbocycles. The zero-order valence-corrected chi connectivity index (χ0v) is 12.0. The number of fused-ring (bicyclic) bond motifs is 1. The van der Waals surface area contributed by atoms with Crippen molar-refractivity contribution in [1.82, 2.24) is 0 Å². The van der Waals surface area contributed by atoms with Gasteiger partial charge < -0.3 is 9.47 Å². The second-order valence-corrected chi connectivity index (χ2v) is 6.19. The standard InChI is InChI=1S/C14H11F2NO4S/c15-10-2-1-3-11(16)14(10)17-22(18,19)9-4-5-12-13(8-9)21-7-6-20-12/h1-5,8,17H,6-7H2. The largest absolute Gasteiger partial charge is 0.486 e. The Kier molecular flexibility index (Phi) is 3.61. The molecule has 1 N–H and O–H groups in total. The minimum absolute atomic E-state index is 0.181. The number of para-hydroxylation sites is 1. The van der Waals surface area contributed by atoms with Crippen LogP contribution in [0, 0.1) is 11.6 Å². The number of hydrogen-bond donors (Lipinski definition) is 1. The molecule has 2 aromatic rings. The Bertz CT molecular complexity index is 803. The molecule has 8 heteroatoms. The third-order valence-electron chi connectivity index (χ3n) is 3.02. The molecule has 0 bridgehead atoms. The monoisotopic (exact) mass is 327 g/mol. The molecular weight excluding hydrogens is 316 g/mol. The number of ether oxygens (including phenoxy) is 2. The summed E-state index contributed by atoms with van der Waals surface area (Å²) in [5.41, 5.74) is -0.725. The van der Waals surface area contributed by atoms with Crippen LogP contribution in [0.5, 0.6) is 11.5 Å². The second-order valence-electron chi connectivity index (χ2n) is 4.51. The molecule has 0 saturated heterocycles. The van der Waals surface area contributed by atoms with Gasteiger partial charge >= 0.3 is 0 Å². The number of nitrogens with one attached hydrogen (secondary N) is 1. The summed E-state index contributed by atoms with van der Waals surface area (Å²) < 4.78 is 64.1. The molecular formula is C14H11F2NO4S. The van der Waals surface area contributed by atoms with Gasteiger partial charge in [0.25, 0.3) is 10.0 Å². The summed E-state index contributed by atoms with van der Waals surface area (Å²) >= 11 is 0. The van der Waals surface area contributed by atoms with E-state index in [2.05, 4.69) is 0 Å². The minimum Gasteiger partial charge on any atom is -0.486 e. The number of sulfonamides is 1. The van der Waals surface area contributed by atoms with Gasteiger partial charge in [0.15, 0.2) is 11.5 Å². The lowest BCUT2D eigenvalue weighted by Crippen LogP contribution is -2.18. The van der Waals surface area contributed by atoms with Crippen LogP contribution in [0.1, 0.15) is 0 Å². The number of halogens is 2. The highest BCUT2D eigenvalue weighted by molar-refractivity contribution is 7.92. The van der Waals surface area contributed by atoms with Crippen LogP contribution in [0.3, 0.4) is 0 Å². The molecule has 0 fully saturated rings. The molecule has 0 aliphatic carbocycles. The highest BCUT2D eigenvalue weighted by Crippen LogP contribution is 2.33. The zero-order valence-electron chi connectivity index (χ0n) is 11.2. The summed E-state index contributed by atoms with van der Waals surface area (Å²) in [4.78, 5) is -0.181. The minimum atomic E-state index is -4.16.